The van der Waals surface area contributed by atoms with Crippen molar-refractivity contribution in [1.29, 1.82) is 0 Å². The lowest BCUT2D eigenvalue weighted by Crippen LogP contribution is -2.56. The van der Waals surface area contributed by atoms with E-state index in [-0.39, 0.29) is 31.1 Å². The summed E-state index contributed by atoms with van der Waals surface area (Å²) >= 11 is 0. The van der Waals surface area contributed by atoms with E-state index < -0.39 is 17.9 Å². The van der Waals surface area contributed by atoms with Crippen molar-refractivity contribution in [3.8, 4) is 0 Å². The molecule has 0 radical (unpaired) electrons. The number of piperazine rings is 1. The van der Waals surface area contributed by atoms with E-state index in [0.717, 1.165) is 5.56 Å². The van der Waals surface area contributed by atoms with Crippen LogP contribution in [0, 0.1) is 0 Å². The van der Waals surface area contributed by atoms with Crippen molar-refractivity contribution in [3.05, 3.63) is 35.9 Å². The Morgan fingerprint density at radius 1 is 1.09 bits per heavy atom. The van der Waals surface area contributed by atoms with Crippen molar-refractivity contribution in [1.82, 2.24) is 15.1 Å². The molecule has 33 heavy (non-hydrogen) atoms. The highest BCUT2D eigenvalue weighted by atomic mass is 16.7. The Labute approximate surface area is 194 Å². The third kappa shape index (κ3) is 7.33. The molecule has 1 aromatic rings. The fourth-order valence-corrected chi connectivity index (χ4v) is 3.82. The van der Waals surface area contributed by atoms with E-state index in [0.29, 0.717) is 39.4 Å². The number of hydrogen-bond donors (Lipinski definition) is 1. The summed E-state index contributed by atoms with van der Waals surface area (Å²) in [7, 11) is 0. The van der Waals surface area contributed by atoms with Gasteiger partial charge in [-0.05, 0) is 26.3 Å². The highest BCUT2D eigenvalue weighted by Crippen LogP contribution is 2.25. The Morgan fingerprint density at radius 2 is 1.76 bits per heavy atom. The molecular weight excluding hydrogens is 430 g/mol. The van der Waals surface area contributed by atoms with Crippen LogP contribution in [-0.2, 0) is 30.3 Å². The number of nitrogens with one attached hydrogen (secondary N) is 1. The first-order valence-electron chi connectivity index (χ1n) is 11.3. The van der Waals surface area contributed by atoms with Gasteiger partial charge in [0.15, 0.2) is 5.79 Å². The fourth-order valence-electron chi connectivity index (χ4n) is 3.82. The first-order valence-corrected chi connectivity index (χ1v) is 11.3. The predicted molar refractivity (Wildman–Crippen MR) is 118 cm³/mol. The topological polar surface area (TPSA) is 107 Å². The van der Waals surface area contributed by atoms with Crippen LogP contribution in [0.25, 0.3) is 0 Å². The molecule has 0 saturated carbocycles. The number of hydrogen-bond acceptors (Lipinski definition) is 7. The first kappa shape index (κ1) is 24.8. The van der Waals surface area contributed by atoms with Crippen molar-refractivity contribution in [2.24, 2.45) is 0 Å². The zero-order valence-corrected chi connectivity index (χ0v) is 19.5. The monoisotopic (exact) mass is 463 g/mol. The van der Waals surface area contributed by atoms with E-state index in [4.69, 9.17) is 18.9 Å². The number of carbonyl (C=O) groups excluding carboxylic acids is 3. The zero-order valence-electron chi connectivity index (χ0n) is 19.5. The second-order valence-corrected chi connectivity index (χ2v) is 8.46. The minimum Gasteiger partial charge on any atom is -0.450 e. The largest absolute Gasteiger partial charge is 0.450 e. The maximum Gasteiger partial charge on any atom is 0.409 e. The second-order valence-electron chi connectivity index (χ2n) is 8.46. The summed E-state index contributed by atoms with van der Waals surface area (Å²) < 4.78 is 21.8. The van der Waals surface area contributed by atoms with Crippen LogP contribution in [0.15, 0.2) is 30.3 Å². The van der Waals surface area contributed by atoms with Gasteiger partial charge in [0.25, 0.3) is 0 Å². The molecule has 2 fully saturated rings. The number of alkyl carbamates (subject to hydrolysis) is 1. The molecule has 10 heteroatoms. The minimum absolute atomic E-state index is 0.0991. The summed E-state index contributed by atoms with van der Waals surface area (Å²) in [6.45, 7) is 7.52. The van der Waals surface area contributed by atoms with E-state index in [9.17, 15) is 14.4 Å². The predicted octanol–water partition coefficient (Wildman–Crippen LogP) is 2.12. The molecule has 0 bridgehead atoms. The number of rotatable bonds is 7. The molecule has 0 aromatic heterocycles. The van der Waals surface area contributed by atoms with E-state index in [1.807, 2.05) is 30.3 Å². The molecule has 2 saturated heterocycles. The van der Waals surface area contributed by atoms with Crippen LogP contribution in [0.4, 0.5) is 9.59 Å². The summed E-state index contributed by atoms with van der Waals surface area (Å²) in [4.78, 5) is 40.9. The van der Waals surface area contributed by atoms with Gasteiger partial charge in [0.1, 0.15) is 12.6 Å². The fraction of sp³-hybridized carbons (Fsp3) is 0.609. The molecule has 2 aliphatic heterocycles. The number of carbonyl (C=O) groups is 3. The summed E-state index contributed by atoms with van der Waals surface area (Å²) in [5, 5.41) is 2.70. The summed E-state index contributed by atoms with van der Waals surface area (Å²) in [6, 6.07) is 8.46. The van der Waals surface area contributed by atoms with Gasteiger partial charge in [0.2, 0.25) is 5.91 Å². The average molecular weight is 464 g/mol. The van der Waals surface area contributed by atoms with Gasteiger partial charge in [0.05, 0.1) is 19.3 Å². The highest BCUT2D eigenvalue weighted by molar-refractivity contribution is 5.86. The Morgan fingerprint density at radius 3 is 2.36 bits per heavy atom. The van der Waals surface area contributed by atoms with Gasteiger partial charge in [-0.15, -0.1) is 0 Å². The summed E-state index contributed by atoms with van der Waals surface area (Å²) in [5.74, 6) is -0.986. The highest BCUT2D eigenvalue weighted by Gasteiger charge is 2.38. The molecule has 2 heterocycles. The minimum atomic E-state index is -0.843. The van der Waals surface area contributed by atoms with Crippen molar-refractivity contribution in [2.75, 3.05) is 39.4 Å². The maximum atomic E-state index is 13.3. The van der Waals surface area contributed by atoms with Gasteiger partial charge >= 0.3 is 12.2 Å². The van der Waals surface area contributed by atoms with Gasteiger partial charge in [-0.2, -0.15) is 0 Å². The lowest BCUT2D eigenvalue weighted by Gasteiger charge is -2.36. The van der Waals surface area contributed by atoms with Crippen LogP contribution in [0.2, 0.25) is 0 Å². The van der Waals surface area contributed by atoms with Gasteiger partial charge in [-0.25, -0.2) is 9.59 Å². The van der Waals surface area contributed by atoms with Crippen LogP contribution in [0.3, 0.4) is 0 Å². The summed E-state index contributed by atoms with van der Waals surface area (Å²) in [5.41, 5.74) is 0.847. The lowest BCUT2D eigenvalue weighted by atomic mass is 10.1. The third-order valence-corrected chi connectivity index (χ3v) is 5.49. The van der Waals surface area contributed by atoms with Crippen molar-refractivity contribution in [2.45, 2.75) is 51.7 Å². The smallest absolute Gasteiger partial charge is 0.409 e. The van der Waals surface area contributed by atoms with Gasteiger partial charge in [0, 0.05) is 32.6 Å². The average Bonchev–Trinajstić information content (AvgIpc) is 3.16. The lowest BCUT2D eigenvalue weighted by molar-refractivity contribution is -0.144. The van der Waals surface area contributed by atoms with Crippen LogP contribution in [-0.4, -0.2) is 85.2 Å². The van der Waals surface area contributed by atoms with E-state index in [2.05, 4.69) is 5.32 Å². The van der Waals surface area contributed by atoms with Crippen LogP contribution in [0.1, 0.15) is 32.8 Å². The van der Waals surface area contributed by atoms with Crippen molar-refractivity contribution in [3.63, 3.8) is 0 Å². The Kier molecular flexibility index (Phi) is 8.51. The third-order valence-electron chi connectivity index (χ3n) is 5.49. The van der Waals surface area contributed by atoms with E-state index in [1.165, 1.54) is 0 Å². The number of amides is 3. The molecule has 1 N–H and O–H groups in total. The molecular formula is C23H33N3O7. The van der Waals surface area contributed by atoms with E-state index in [1.54, 1.807) is 30.6 Å². The molecule has 182 valence electrons. The van der Waals surface area contributed by atoms with Crippen LogP contribution < -0.4 is 5.32 Å². The van der Waals surface area contributed by atoms with Crippen LogP contribution >= 0.6 is 0 Å². The molecule has 3 rings (SSSR count). The second kappa shape index (κ2) is 11.3. The van der Waals surface area contributed by atoms with Crippen molar-refractivity contribution < 1.29 is 33.3 Å². The maximum absolute atomic E-state index is 13.3. The standard InChI is InChI=1S/C23H33N3O7/c1-4-30-22(29)26-12-10-25(11-13-26)20(27)19(14-18-16-32-23(2,3)33-18)24-21(28)31-15-17-8-6-5-7-9-17/h5-9,18-19H,4,10-16H2,1-3H3,(H,24,28)/t18-,19?/m0/s1. The molecule has 2 atom stereocenters. The Balaban J connectivity index is 1.59. The number of benzene rings is 1. The normalized spacial score (nSPS) is 20.8. The van der Waals surface area contributed by atoms with Gasteiger partial charge in [-0.1, -0.05) is 30.3 Å². The van der Waals surface area contributed by atoms with Gasteiger partial charge in [-0.3, -0.25) is 4.79 Å². The molecule has 10 nitrogen and oxygen atoms in total. The Bertz CT molecular complexity index is 810. The molecule has 0 aliphatic carbocycles. The molecule has 2 aliphatic rings. The summed E-state index contributed by atoms with van der Waals surface area (Å²) in [6.07, 6.45) is -1.16. The quantitative estimate of drug-likeness (QED) is 0.660. The van der Waals surface area contributed by atoms with E-state index >= 15 is 0 Å². The molecule has 0 spiro atoms. The molecule has 3 amide bonds. The molecule has 1 aromatic carbocycles. The first-order chi connectivity index (χ1) is 15.8. The van der Waals surface area contributed by atoms with Crippen LogP contribution in [0.5, 0.6) is 0 Å². The Hall–Kier alpha value is -2.85. The zero-order chi connectivity index (χ0) is 23.8. The SMILES string of the molecule is CCOC(=O)N1CCN(C(=O)C(C[C@H]2COC(C)(C)O2)NC(=O)OCc2ccccc2)CC1. The van der Waals surface area contributed by atoms with Crippen molar-refractivity contribution >= 4 is 18.1 Å². The number of ether oxygens (including phenoxy) is 4. The number of nitrogens with zero attached hydrogens (tertiary/aromatic N) is 2. The van der Waals surface area contributed by atoms with Gasteiger partial charge < -0.3 is 34.1 Å². The molecule has 1 unspecified atom stereocenters.